The molecular weight excluding hydrogens is 285 g/mol. The van der Waals surface area contributed by atoms with Gasteiger partial charge in [0.15, 0.2) is 0 Å². The maximum absolute atomic E-state index is 11.9. The van der Waals surface area contributed by atoms with E-state index in [2.05, 4.69) is 15.3 Å². The molecule has 0 spiro atoms. The highest BCUT2D eigenvalue weighted by Gasteiger charge is 2.14. The number of nitrogens with zero attached hydrogens (tertiary/aromatic N) is 2. The van der Waals surface area contributed by atoms with Gasteiger partial charge >= 0.3 is 0 Å². The van der Waals surface area contributed by atoms with E-state index < -0.39 is 0 Å². The van der Waals surface area contributed by atoms with Gasteiger partial charge in [-0.15, -0.1) is 0 Å². The first-order valence-corrected chi connectivity index (χ1v) is 6.35. The van der Waals surface area contributed by atoms with E-state index in [0.29, 0.717) is 10.0 Å². The molecule has 19 heavy (non-hydrogen) atoms. The molecular formula is C13H11Cl2N3O. The minimum Gasteiger partial charge on any atom is -0.344 e. The van der Waals surface area contributed by atoms with E-state index in [4.69, 9.17) is 23.2 Å². The maximum Gasteiger partial charge on any atom is 0.271 e. The van der Waals surface area contributed by atoms with Crippen molar-refractivity contribution in [3.8, 4) is 0 Å². The van der Waals surface area contributed by atoms with E-state index >= 15 is 0 Å². The van der Waals surface area contributed by atoms with Crippen LogP contribution in [0, 0.1) is 0 Å². The van der Waals surface area contributed by atoms with Crippen LogP contribution in [-0.2, 0) is 0 Å². The molecule has 0 bridgehead atoms. The van der Waals surface area contributed by atoms with Crippen molar-refractivity contribution >= 4 is 29.1 Å². The Morgan fingerprint density at radius 1 is 1.32 bits per heavy atom. The zero-order valence-electron chi connectivity index (χ0n) is 10.1. The van der Waals surface area contributed by atoms with E-state index in [9.17, 15) is 4.79 Å². The molecule has 1 atom stereocenters. The molecule has 6 heteroatoms. The summed E-state index contributed by atoms with van der Waals surface area (Å²) in [6.07, 6.45) is 4.39. The summed E-state index contributed by atoms with van der Waals surface area (Å²) in [4.78, 5) is 19.7. The van der Waals surface area contributed by atoms with E-state index in [1.165, 1.54) is 18.6 Å². The third-order valence-corrected chi connectivity index (χ3v) is 3.13. The fourth-order valence-corrected chi connectivity index (χ4v) is 2.19. The number of aromatic nitrogens is 2. The van der Waals surface area contributed by atoms with Gasteiger partial charge in [0.25, 0.3) is 5.91 Å². The molecule has 0 aliphatic heterocycles. The predicted molar refractivity (Wildman–Crippen MR) is 74.4 cm³/mol. The summed E-state index contributed by atoms with van der Waals surface area (Å²) in [7, 11) is 0. The van der Waals surface area contributed by atoms with E-state index in [1.807, 2.05) is 6.92 Å². The highest BCUT2D eigenvalue weighted by atomic mass is 35.5. The van der Waals surface area contributed by atoms with Crippen LogP contribution in [0.4, 0.5) is 0 Å². The molecule has 1 aromatic heterocycles. The van der Waals surface area contributed by atoms with Crippen LogP contribution in [0.3, 0.4) is 0 Å². The SMILES string of the molecule is C[C@@H](NC(=O)c1cnccn1)c1ccc(Cl)cc1Cl. The minimum atomic E-state index is -0.299. The second-order valence-electron chi connectivity index (χ2n) is 3.95. The number of hydrogen-bond donors (Lipinski definition) is 1. The molecule has 1 aromatic carbocycles. The van der Waals surface area contributed by atoms with Gasteiger partial charge in [-0.2, -0.15) is 0 Å². The monoisotopic (exact) mass is 295 g/mol. The van der Waals surface area contributed by atoms with Crippen LogP contribution in [0.2, 0.25) is 10.0 Å². The third-order valence-electron chi connectivity index (χ3n) is 2.57. The van der Waals surface area contributed by atoms with Gasteiger partial charge in [-0.3, -0.25) is 9.78 Å². The van der Waals surface area contributed by atoms with Gasteiger partial charge in [0.1, 0.15) is 5.69 Å². The Labute approximate surface area is 120 Å². The Balaban J connectivity index is 2.13. The molecule has 0 aliphatic carbocycles. The van der Waals surface area contributed by atoms with Gasteiger partial charge in [0, 0.05) is 22.4 Å². The lowest BCUT2D eigenvalue weighted by molar-refractivity contribution is 0.0934. The van der Waals surface area contributed by atoms with E-state index in [-0.39, 0.29) is 17.6 Å². The van der Waals surface area contributed by atoms with Crippen molar-refractivity contribution in [2.45, 2.75) is 13.0 Å². The highest BCUT2D eigenvalue weighted by molar-refractivity contribution is 6.35. The van der Waals surface area contributed by atoms with Crippen LogP contribution < -0.4 is 5.32 Å². The minimum absolute atomic E-state index is 0.251. The van der Waals surface area contributed by atoms with Crippen molar-refractivity contribution < 1.29 is 4.79 Å². The number of nitrogens with one attached hydrogen (secondary N) is 1. The van der Waals surface area contributed by atoms with Crippen LogP contribution in [0.15, 0.2) is 36.8 Å². The summed E-state index contributed by atoms with van der Waals surface area (Å²) in [6, 6.07) is 4.91. The zero-order chi connectivity index (χ0) is 13.8. The van der Waals surface area contributed by atoms with Crippen molar-refractivity contribution in [1.29, 1.82) is 0 Å². The summed E-state index contributed by atoms with van der Waals surface area (Å²) < 4.78 is 0. The standard InChI is InChI=1S/C13H11Cl2N3O/c1-8(10-3-2-9(14)6-11(10)15)18-13(19)12-7-16-4-5-17-12/h2-8H,1H3,(H,18,19)/t8-/m1/s1. The van der Waals surface area contributed by atoms with Gasteiger partial charge < -0.3 is 5.32 Å². The van der Waals surface area contributed by atoms with Gasteiger partial charge in [0.2, 0.25) is 0 Å². The van der Waals surface area contributed by atoms with Crippen LogP contribution in [0.25, 0.3) is 0 Å². The zero-order valence-corrected chi connectivity index (χ0v) is 11.6. The molecule has 1 heterocycles. The first-order valence-electron chi connectivity index (χ1n) is 5.60. The molecule has 4 nitrogen and oxygen atoms in total. The van der Waals surface area contributed by atoms with Crippen molar-refractivity contribution in [1.82, 2.24) is 15.3 Å². The molecule has 2 rings (SSSR count). The van der Waals surface area contributed by atoms with Gasteiger partial charge in [0.05, 0.1) is 12.2 Å². The molecule has 1 N–H and O–H groups in total. The normalized spacial score (nSPS) is 11.9. The summed E-state index contributed by atoms with van der Waals surface area (Å²) in [5, 5.41) is 3.87. The third kappa shape index (κ3) is 3.43. The molecule has 1 amide bonds. The molecule has 0 radical (unpaired) electrons. The average molecular weight is 296 g/mol. The number of amides is 1. The molecule has 0 saturated carbocycles. The van der Waals surface area contributed by atoms with Crippen molar-refractivity contribution in [2.24, 2.45) is 0 Å². The number of rotatable bonds is 3. The number of benzene rings is 1. The lowest BCUT2D eigenvalue weighted by atomic mass is 10.1. The largest absolute Gasteiger partial charge is 0.344 e. The Bertz CT molecular complexity index is 590. The summed E-state index contributed by atoms with van der Waals surface area (Å²) in [6.45, 7) is 1.84. The molecule has 0 aliphatic rings. The van der Waals surface area contributed by atoms with Crippen LogP contribution in [-0.4, -0.2) is 15.9 Å². The molecule has 0 fully saturated rings. The van der Waals surface area contributed by atoms with Crippen molar-refractivity contribution in [3.05, 3.63) is 58.1 Å². The Kier molecular flexibility index (Phi) is 4.35. The first kappa shape index (κ1) is 13.8. The topological polar surface area (TPSA) is 54.9 Å². The van der Waals surface area contributed by atoms with E-state index in [1.54, 1.807) is 18.2 Å². The lowest BCUT2D eigenvalue weighted by Crippen LogP contribution is -2.27. The second-order valence-corrected chi connectivity index (χ2v) is 4.80. The second kappa shape index (κ2) is 5.99. The number of hydrogen-bond acceptors (Lipinski definition) is 3. The fraction of sp³-hybridized carbons (Fsp3) is 0.154. The maximum atomic E-state index is 11.9. The summed E-state index contributed by atoms with van der Waals surface area (Å²) in [5.41, 5.74) is 1.06. The van der Waals surface area contributed by atoms with Gasteiger partial charge in [-0.25, -0.2) is 4.98 Å². The summed E-state index contributed by atoms with van der Waals surface area (Å²) in [5.74, 6) is -0.299. The van der Waals surface area contributed by atoms with Crippen molar-refractivity contribution in [3.63, 3.8) is 0 Å². The van der Waals surface area contributed by atoms with Crippen LogP contribution >= 0.6 is 23.2 Å². The van der Waals surface area contributed by atoms with Gasteiger partial charge in [-0.05, 0) is 24.6 Å². The Hall–Kier alpha value is -1.65. The lowest BCUT2D eigenvalue weighted by Gasteiger charge is -2.15. The van der Waals surface area contributed by atoms with Crippen LogP contribution in [0.1, 0.15) is 29.0 Å². The highest BCUT2D eigenvalue weighted by Crippen LogP contribution is 2.26. The smallest absolute Gasteiger partial charge is 0.271 e. The molecule has 0 unspecified atom stereocenters. The summed E-state index contributed by atoms with van der Waals surface area (Å²) >= 11 is 11.9. The number of halogens is 2. The van der Waals surface area contributed by atoms with E-state index in [0.717, 1.165) is 5.56 Å². The number of carbonyl (C=O) groups excluding carboxylic acids is 1. The Morgan fingerprint density at radius 2 is 2.11 bits per heavy atom. The fourth-order valence-electron chi connectivity index (χ4n) is 1.62. The predicted octanol–water partition coefficient (Wildman–Crippen LogP) is 3.27. The molecule has 2 aromatic rings. The Morgan fingerprint density at radius 3 is 2.74 bits per heavy atom. The average Bonchev–Trinajstić information content (AvgIpc) is 2.39. The molecule has 0 saturated heterocycles. The molecule has 98 valence electrons. The quantitative estimate of drug-likeness (QED) is 0.945. The first-order chi connectivity index (χ1) is 9.08. The van der Waals surface area contributed by atoms with Crippen LogP contribution in [0.5, 0.6) is 0 Å². The van der Waals surface area contributed by atoms with Crippen molar-refractivity contribution in [2.75, 3.05) is 0 Å². The number of carbonyl (C=O) groups is 1. The van der Waals surface area contributed by atoms with Gasteiger partial charge in [-0.1, -0.05) is 29.3 Å².